The minimum Gasteiger partial charge on any atom is -0.484 e. The molecule has 0 saturated carbocycles. The fourth-order valence-corrected chi connectivity index (χ4v) is 3.69. The number of nitrogens with zero attached hydrogens (tertiary/aromatic N) is 1. The lowest BCUT2D eigenvalue weighted by Crippen LogP contribution is -2.35. The van der Waals surface area contributed by atoms with E-state index in [1.54, 1.807) is 24.3 Å². The average molecular weight is 448 g/mol. The second kappa shape index (κ2) is 10.7. The van der Waals surface area contributed by atoms with Crippen LogP contribution >= 0.6 is 0 Å². The number of hydrogen-bond acceptors (Lipinski definition) is 6. The zero-order chi connectivity index (χ0) is 23.0. The van der Waals surface area contributed by atoms with Crippen molar-refractivity contribution < 1.29 is 27.5 Å². The topological polar surface area (TPSA) is 122 Å². The fourth-order valence-electron chi connectivity index (χ4n) is 2.56. The van der Waals surface area contributed by atoms with E-state index >= 15 is 0 Å². The number of ketones is 1. The van der Waals surface area contributed by atoms with Crippen LogP contribution in [0.4, 0.5) is 5.69 Å². The maximum atomic E-state index is 12.6. The number of Topliss-reactive ketones (excluding diaryl/α,β-unsaturated/α-hetero) is 1. The van der Waals surface area contributed by atoms with Gasteiger partial charge in [-0.2, -0.15) is 4.31 Å². The molecule has 31 heavy (non-hydrogen) atoms. The van der Waals surface area contributed by atoms with Gasteiger partial charge in [-0.3, -0.25) is 14.4 Å². The first-order valence-electron chi connectivity index (χ1n) is 9.50. The van der Waals surface area contributed by atoms with Crippen molar-refractivity contribution in [3.8, 4) is 5.75 Å². The van der Waals surface area contributed by atoms with Gasteiger partial charge in [0.2, 0.25) is 15.9 Å². The third-order valence-electron chi connectivity index (χ3n) is 4.22. The fraction of sp³-hybridized carbons (Fsp3) is 0.286. The molecule has 2 aromatic carbocycles. The Balaban J connectivity index is 1.93. The number of sulfonamides is 1. The van der Waals surface area contributed by atoms with E-state index in [1.807, 2.05) is 6.92 Å². The number of amides is 2. The molecule has 0 bridgehead atoms. The highest BCUT2D eigenvalue weighted by molar-refractivity contribution is 7.89. The molecule has 2 N–H and O–H groups in total. The van der Waals surface area contributed by atoms with Crippen molar-refractivity contribution in [3.63, 3.8) is 0 Å². The summed E-state index contributed by atoms with van der Waals surface area (Å²) in [6.45, 7) is 3.20. The molecule has 0 aliphatic heterocycles. The predicted molar refractivity (Wildman–Crippen MR) is 116 cm³/mol. The van der Waals surface area contributed by atoms with E-state index in [2.05, 4.69) is 10.6 Å². The normalized spacial score (nSPS) is 11.1. The molecule has 2 aromatic rings. The molecule has 10 heteroatoms. The molecule has 0 saturated heterocycles. The first-order valence-corrected chi connectivity index (χ1v) is 10.9. The van der Waals surface area contributed by atoms with Crippen molar-refractivity contribution >= 4 is 33.3 Å². The van der Waals surface area contributed by atoms with Crippen LogP contribution in [-0.4, -0.2) is 57.1 Å². The van der Waals surface area contributed by atoms with Crippen molar-refractivity contribution in [1.29, 1.82) is 0 Å². The van der Waals surface area contributed by atoms with E-state index in [0.717, 1.165) is 4.31 Å². The lowest BCUT2D eigenvalue weighted by Gasteiger charge is -2.17. The number of ether oxygens (including phenoxy) is 1. The SMILES string of the molecule is CCNC(=O)COc1ccc(NC(=O)CN(C)S(=O)(=O)c2ccc(C(C)=O)cc2)cc1. The Morgan fingerprint density at radius 2 is 1.58 bits per heavy atom. The number of carbonyl (C=O) groups excluding carboxylic acids is 3. The van der Waals surface area contributed by atoms with Crippen LogP contribution in [0.1, 0.15) is 24.2 Å². The van der Waals surface area contributed by atoms with Crippen LogP contribution in [0.15, 0.2) is 53.4 Å². The lowest BCUT2D eigenvalue weighted by atomic mass is 10.2. The summed E-state index contributed by atoms with van der Waals surface area (Å²) in [5.74, 6) is -0.474. The van der Waals surface area contributed by atoms with Gasteiger partial charge < -0.3 is 15.4 Å². The molecule has 0 fully saturated rings. The molecular formula is C21H25N3O6S. The molecule has 0 heterocycles. The summed E-state index contributed by atoms with van der Waals surface area (Å²) < 4.78 is 31.5. The Hall–Kier alpha value is -3.24. The van der Waals surface area contributed by atoms with E-state index in [0.29, 0.717) is 23.5 Å². The highest BCUT2D eigenvalue weighted by atomic mass is 32.2. The molecule has 166 valence electrons. The van der Waals surface area contributed by atoms with Crippen LogP contribution in [0.3, 0.4) is 0 Å². The van der Waals surface area contributed by atoms with Crippen LogP contribution in [-0.2, 0) is 19.6 Å². The first kappa shape index (κ1) is 24.0. The molecule has 0 atom stereocenters. The average Bonchev–Trinajstić information content (AvgIpc) is 2.73. The van der Waals surface area contributed by atoms with Gasteiger partial charge in [0.15, 0.2) is 12.4 Å². The molecule has 0 aromatic heterocycles. The minimum atomic E-state index is -3.89. The summed E-state index contributed by atoms with van der Waals surface area (Å²) in [7, 11) is -2.59. The summed E-state index contributed by atoms with van der Waals surface area (Å²) in [5, 5.41) is 5.22. The Bertz CT molecular complexity index is 1030. The van der Waals surface area contributed by atoms with Crippen molar-refractivity contribution in [3.05, 3.63) is 54.1 Å². The Morgan fingerprint density at radius 1 is 0.968 bits per heavy atom. The third-order valence-corrected chi connectivity index (χ3v) is 6.03. The van der Waals surface area contributed by atoms with E-state index in [1.165, 1.54) is 38.2 Å². The lowest BCUT2D eigenvalue weighted by molar-refractivity contribution is -0.123. The third kappa shape index (κ3) is 6.90. The molecule has 9 nitrogen and oxygen atoms in total. The Kier molecular flexibility index (Phi) is 8.29. The van der Waals surface area contributed by atoms with Crippen molar-refractivity contribution in [1.82, 2.24) is 9.62 Å². The van der Waals surface area contributed by atoms with Crippen LogP contribution in [0.2, 0.25) is 0 Å². The van der Waals surface area contributed by atoms with Gasteiger partial charge in [0.1, 0.15) is 5.75 Å². The summed E-state index contributed by atoms with van der Waals surface area (Å²) in [6, 6.07) is 11.9. The summed E-state index contributed by atoms with van der Waals surface area (Å²) in [6.07, 6.45) is 0. The van der Waals surface area contributed by atoms with E-state index in [9.17, 15) is 22.8 Å². The van der Waals surface area contributed by atoms with Crippen LogP contribution in [0, 0.1) is 0 Å². The van der Waals surface area contributed by atoms with Gasteiger partial charge in [-0.15, -0.1) is 0 Å². The van der Waals surface area contributed by atoms with Gasteiger partial charge in [0, 0.05) is 24.8 Å². The summed E-state index contributed by atoms with van der Waals surface area (Å²) in [4.78, 5) is 35.0. The number of likely N-dealkylation sites (N-methyl/N-ethyl adjacent to an activating group) is 2. The molecule has 0 radical (unpaired) electrons. The van der Waals surface area contributed by atoms with Crippen LogP contribution in [0.5, 0.6) is 5.75 Å². The Labute approximate surface area is 181 Å². The van der Waals surface area contributed by atoms with Gasteiger partial charge in [-0.05, 0) is 50.2 Å². The van der Waals surface area contributed by atoms with E-state index in [-0.39, 0.29) is 23.2 Å². The molecule has 0 spiro atoms. The number of anilines is 1. The number of benzene rings is 2. The number of nitrogens with one attached hydrogen (secondary N) is 2. The van der Waals surface area contributed by atoms with Gasteiger partial charge in [-0.1, -0.05) is 12.1 Å². The monoisotopic (exact) mass is 447 g/mol. The van der Waals surface area contributed by atoms with Gasteiger partial charge >= 0.3 is 0 Å². The molecular weight excluding hydrogens is 422 g/mol. The highest BCUT2D eigenvalue weighted by Crippen LogP contribution is 2.17. The number of hydrogen-bond donors (Lipinski definition) is 2. The zero-order valence-corrected chi connectivity index (χ0v) is 18.4. The van der Waals surface area contributed by atoms with Crippen LogP contribution in [0.25, 0.3) is 0 Å². The number of rotatable bonds is 10. The molecule has 2 rings (SSSR count). The second-order valence-corrected chi connectivity index (χ2v) is 8.70. The van der Waals surface area contributed by atoms with E-state index in [4.69, 9.17) is 4.74 Å². The maximum absolute atomic E-state index is 12.6. The van der Waals surface area contributed by atoms with Gasteiger partial charge in [0.25, 0.3) is 5.91 Å². The highest BCUT2D eigenvalue weighted by Gasteiger charge is 2.23. The van der Waals surface area contributed by atoms with Gasteiger partial charge in [-0.25, -0.2) is 8.42 Å². The zero-order valence-electron chi connectivity index (χ0n) is 17.5. The van der Waals surface area contributed by atoms with E-state index < -0.39 is 22.5 Å². The Morgan fingerprint density at radius 3 is 2.13 bits per heavy atom. The summed E-state index contributed by atoms with van der Waals surface area (Å²) in [5.41, 5.74) is 0.852. The van der Waals surface area contributed by atoms with Gasteiger partial charge in [0.05, 0.1) is 11.4 Å². The largest absolute Gasteiger partial charge is 0.484 e. The smallest absolute Gasteiger partial charge is 0.257 e. The molecule has 0 aliphatic rings. The number of carbonyl (C=O) groups is 3. The van der Waals surface area contributed by atoms with Crippen LogP contribution < -0.4 is 15.4 Å². The van der Waals surface area contributed by atoms with Crippen molar-refractivity contribution in [2.75, 3.05) is 32.1 Å². The quantitative estimate of drug-likeness (QED) is 0.534. The standard InChI is InChI=1S/C21H25N3O6S/c1-4-22-21(27)14-30-18-9-7-17(8-10-18)23-20(26)13-24(3)31(28,29)19-11-5-16(6-12-19)15(2)25/h5-12H,4,13-14H2,1-3H3,(H,22,27)(H,23,26). The minimum absolute atomic E-state index is 0.0126. The predicted octanol–water partition coefficient (Wildman–Crippen LogP) is 1.66. The molecule has 0 unspecified atom stereocenters. The second-order valence-electron chi connectivity index (χ2n) is 6.66. The molecule has 0 aliphatic carbocycles. The first-order chi connectivity index (χ1) is 14.6. The molecule has 2 amide bonds. The summed E-state index contributed by atoms with van der Waals surface area (Å²) >= 11 is 0. The maximum Gasteiger partial charge on any atom is 0.257 e. The van der Waals surface area contributed by atoms with Crippen molar-refractivity contribution in [2.45, 2.75) is 18.7 Å². The van der Waals surface area contributed by atoms with Crippen molar-refractivity contribution in [2.24, 2.45) is 0 Å².